The lowest BCUT2D eigenvalue weighted by Crippen LogP contribution is -2.25. The number of urea groups is 1. The molecular weight excluding hydrogens is 336 g/mol. The Hall–Kier alpha value is -3.32. The number of nitrogens with two attached hydrogens (primary N) is 1. The Morgan fingerprint density at radius 1 is 1.08 bits per heavy atom. The summed E-state index contributed by atoms with van der Waals surface area (Å²) in [6.07, 6.45) is 8.79. The summed E-state index contributed by atoms with van der Waals surface area (Å²) in [6, 6.07) is 10.6. The molecule has 0 fully saturated rings. The third-order valence-corrected chi connectivity index (χ3v) is 4.45. The van der Waals surface area contributed by atoms with E-state index in [1.54, 1.807) is 30.6 Å². The monoisotopic (exact) mass is 352 g/mol. The van der Waals surface area contributed by atoms with Crippen LogP contribution in [0.5, 0.6) is 0 Å². The maximum atomic E-state index is 12.7. The van der Waals surface area contributed by atoms with Gasteiger partial charge in [0.2, 0.25) is 0 Å². The van der Waals surface area contributed by atoms with E-state index < -0.39 is 6.03 Å². The maximum Gasteiger partial charge on any atom is 0.317 e. The van der Waals surface area contributed by atoms with Gasteiger partial charge in [-0.2, -0.15) is 0 Å². The third-order valence-electron chi connectivity index (χ3n) is 3.35. The van der Waals surface area contributed by atoms with E-state index in [1.807, 2.05) is 36.4 Å². The van der Waals surface area contributed by atoms with Crippen molar-refractivity contribution >= 4 is 28.3 Å². The van der Waals surface area contributed by atoms with Crippen LogP contribution in [-0.4, -0.2) is 11.9 Å². The molecule has 1 aliphatic rings. The lowest BCUT2D eigenvalue weighted by atomic mass is 10.1. The zero-order valence-corrected chi connectivity index (χ0v) is 14.0. The van der Waals surface area contributed by atoms with Crippen molar-refractivity contribution in [3.05, 3.63) is 78.3 Å². The fraction of sp³-hybridized carbons (Fsp3) is 0. The van der Waals surface area contributed by atoms with E-state index in [1.165, 1.54) is 11.3 Å². The van der Waals surface area contributed by atoms with Gasteiger partial charge in [0.05, 0.1) is 11.3 Å². The molecule has 0 bridgehead atoms. The Bertz CT molecular complexity index is 882. The fourth-order valence-electron chi connectivity index (χ4n) is 2.24. The van der Waals surface area contributed by atoms with E-state index in [4.69, 9.17) is 5.73 Å². The van der Waals surface area contributed by atoms with Crippen molar-refractivity contribution in [2.45, 2.75) is 0 Å². The average molecular weight is 352 g/mol. The SMILES string of the molecule is NC(=O)Nc1sc(-c2ccccc2)cc1C(=O)NC1=CNC=CC=C1. The van der Waals surface area contributed by atoms with E-state index in [0.717, 1.165) is 10.4 Å². The Labute approximate surface area is 148 Å². The molecule has 25 heavy (non-hydrogen) atoms. The average Bonchev–Trinajstić information content (AvgIpc) is 2.84. The fourth-order valence-corrected chi connectivity index (χ4v) is 3.31. The van der Waals surface area contributed by atoms with Crippen molar-refractivity contribution < 1.29 is 9.59 Å². The van der Waals surface area contributed by atoms with Crippen LogP contribution >= 0.6 is 11.3 Å². The van der Waals surface area contributed by atoms with Gasteiger partial charge in [0, 0.05) is 17.3 Å². The molecule has 0 saturated heterocycles. The molecule has 0 atom stereocenters. The van der Waals surface area contributed by atoms with Crippen LogP contribution < -0.4 is 21.7 Å². The number of carbonyl (C=O) groups is 2. The largest absolute Gasteiger partial charge is 0.366 e. The number of thiophene rings is 1. The van der Waals surface area contributed by atoms with E-state index in [-0.39, 0.29) is 5.91 Å². The van der Waals surface area contributed by atoms with Gasteiger partial charge in [-0.15, -0.1) is 11.3 Å². The van der Waals surface area contributed by atoms with E-state index >= 15 is 0 Å². The minimum Gasteiger partial charge on any atom is -0.366 e. The molecule has 5 N–H and O–H groups in total. The molecule has 0 radical (unpaired) electrons. The summed E-state index contributed by atoms with van der Waals surface area (Å²) in [4.78, 5) is 24.8. The van der Waals surface area contributed by atoms with Gasteiger partial charge < -0.3 is 16.4 Å². The van der Waals surface area contributed by atoms with Crippen LogP contribution in [0.3, 0.4) is 0 Å². The molecule has 3 amide bonds. The third kappa shape index (κ3) is 4.15. The number of carbonyl (C=O) groups excluding carboxylic acids is 2. The molecule has 7 heteroatoms. The van der Waals surface area contributed by atoms with Crippen LogP contribution in [-0.2, 0) is 0 Å². The van der Waals surface area contributed by atoms with Crippen LogP contribution in [0.15, 0.2) is 72.7 Å². The number of hydrogen-bond donors (Lipinski definition) is 4. The molecule has 6 nitrogen and oxygen atoms in total. The molecule has 2 aromatic rings. The van der Waals surface area contributed by atoms with Crippen LogP contribution in [0.2, 0.25) is 0 Å². The topological polar surface area (TPSA) is 96.2 Å². The number of amides is 3. The summed E-state index contributed by atoms with van der Waals surface area (Å²) in [5.41, 5.74) is 7.15. The van der Waals surface area contributed by atoms with Crippen LogP contribution in [0.4, 0.5) is 9.80 Å². The van der Waals surface area contributed by atoms with Gasteiger partial charge in [0.15, 0.2) is 0 Å². The number of anilines is 1. The van der Waals surface area contributed by atoms with Crippen molar-refractivity contribution in [1.82, 2.24) is 10.6 Å². The van der Waals surface area contributed by atoms with Crippen LogP contribution in [0, 0.1) is 0 Å². The second-order valence-electron chi connectivity index (χ2n) is 5.15. The first-order valence-corrected chi connectivity index (χ1v) is 8.31. The molecule has 3 rings (SSSR count). The quantitative estimate of drug-likeness (QED) is 0.680. The molecule has 2 heterocycles. The van der Waals surface area contributed by atoms with Gasteiger partial charge in [0.25, 0.3) is 5.91 Å². The van der Waals surface area contributed by atoms with Crippen LogP contribution in [0.1, 0.15) is 10.4 Å². The lowest BCUT2D eigenvalue weighted by molar-refractivity contribution is 0.0968. The van der Waals surface area contributed by atoms with Crippen LogP contribution in [0.25, 0.3) is 10.4 Å². The molecule has 126 valence electrons. The van der Waals surface area contributed by atoms with Gasteiger partial charge in [-0.25, -0.2) is 4.79 Å². The number of primary amides is 1. The number of allylic oxidation sites excluding steroid dienone is 3. The summed E-state index contributed by atoms with van der Waals surface area (Å²) in [5, 5.41) is 8.66. The van der Waals surface area contributed by atoms with Crippen molar-refractivity contribution in [3.63, 3.8) is 0 Å². The van der Waals surface area contributed by atoms with E-state index in [2.05, 4.69) is 16.0 Å². The number of rotatable bonds is 4. The first-order chi connectivity index (χ1) is 12.1. The van der Waals surface area contributed by atoms with Crippen molar-refractivity contribution in [1.29, 1.82) is 0 Å². The van der Waals surface area contributed by atoms with Gasteiger partial charge in [-0.1, -0.05) is 36.4 Å². The van der Waals surface area contributed by atoms with Gasteiger partial charge in [-0.05, 0) is 23.8 Å². The molecule has 0 unspecified atom stereocenters. The summed E-state index contributed by atoms with van der Waals surface area (Å²) < 4.78 is 0. The Balaban J connectivity index is 1.90. The van der Waals surface area contributed by atoms with Crippen molar-refractivity contribution in [2.24, 2.45) is 5.73 Å². The van der Waals surface area contributed by atoms with Gasteiger partial charge in [0.1, 0.15) is 5.00 Å². The second-order valence-corrected chi connectivity index (χ2v) is 6.20. The number of benzene rings is 1. The molecule has 1 aromatic heterocycles. The Morgan fingerprint density at radius 2 is 1.88 bits per heavy atom. The Morgan fingerprint density at radius 3 is 2.64 bits per heavy atom. The first kappa shape index (κ1) is 16.5. The van der Waals surface area contributed by atoms with E-state index in [0.29, 0.717) is 16.3 Å². The minimum atomic E-state index is -0.713. The molecule has 0 spiro atoms. The van der Waals surface area contributed by atoms with Gasteiger partial charge >= 0.3 is 6.03 Å². The Kier molecular flexibility index (Phi) is 4.96. The molecular formula is C18H16N4O2S. The normalized spacial score (nSPS) is 12.7. The number of hydrogen-bond acceptors (Lipinski definition) is 4. The highest BCUT2D eigenvalue weighted by molar-refractivity contribution is 7.20. The lowest BCUT2D eigenvalue weighted by Gasteiger charge is -2.06. The molecule has 0 saturated carbocycles. The smallest absolute Gasteiger partial charge is 0.317 e. The van der Waals surface area contributed by atoms with Crippen molar-refractivity contribution in [3.8, 4) is 10.4 Å². The van der Waals surface area contributed by atoms with E-state index in [9.17, 15) is 9.59 Å². The molecule has 1 aromatic carbocycles. The summed E-state index contributed by atoms with van der Waals surface area (Å²) in [6.45, 7) is 0. The van der Waals surface area contributed by atoms with Crippen molar-refractivity contribution in [2.75, 3.05) is 5.32 Å². The first-order valence-electron chi connectivity index (χ1n) is 7.50. The second kappa shape index (κ2) is 7.50. The predicted octanol–water partition coefficient (Wildman–Crippen LogP) is 3.15. The molecule has 0 aliphatic carbocycles. The summed E-state index contributed by atoms with van der Waals surface area (Å²) >= 11 is 1.30. The summed E-state index contributed by atoms with van der Waals surface area (Å²) in [5.74, 6) is -0.332. The van der Waals surface area contributed by atoms with Gasteiger partial charge in [-0.3, -0.25) is 10.1 Å². The molecule has 1 aliphatic heterocycles. The highest BCUT2D eigenvalue weighted by Crippen LogP contribution is 2.35. The standard InChI is InChI=1S/C18H16N4O2S/c19-18(24)22-17-14(10-15(25-17)12-6-2-1-3-7-12)16(23)21-13-8-4-5-9-20-11-13/h1-11,20H,(H,21,23)(H3,19,22,24). The predicted molar refractivity (Wildman–Crippen MR) is 99.9 cm³/mol. The number of nitrogens with one attached hydrogen (secondary N) is 3. The zero-order chi connectivity index (χ0) is 17.6. The zero-order valence-electron chi connectivity index (χ0n) is 13.2. The minimum absolute atomic E-state index is 0.332. The highest BCUT2D eigenvalue weighted by Gasteiger charge is 2.18. The summed E-state index contributed by atoms with van der Waals surface area (Å²) in [7, 11) is 0. The maximum absolute atomic E-state index is 12.7. The highest BCUT2D eigenvalue weighted by atomic mass is 32.1.